The molecule has 0 aliphatic heterocycles. The fourth-order valence-electron chi connectivity index (χ4n) is 2.26. The van der Waals surface area contributed by atoms with Gasteiger partial charge in [-0.1, -0.05) is 0 Å². The van der Waals surface area contributed by atoms with Crippen molar-refractivity contribution in [3.05, 3.63) is 41.7 Å². The van der Waals surface area contributed by atoms with E-state index in [-0.39, 0.29) is 5.91 Å². The molecule has 0 fully saturated rings. The largest absolute Gasteiger partial charge is 0.372 e. The smallest absolute Gasteiger partial charge is 0.259 e. The number of carbonyl (C=O) groups excluding carboxylic acids is 1. The number of rotatable bonds is 5. The summed E-state index contributed by atoms with van der Waals surface area (Å²) in [4.78, 5) is 14.5. The van der Waals surface area contributed by atoms with Gasteiger partial charge in [-0.2, -0.15) is 5.10 Å². The zero-order valence-corrected chi connectivity index (χ0v) is 13.1. The normalized spacial score (nSPS) is 10.5. The summed E-state index contributed by atoms with van der Waals surface area (Å²) < 4.78 is 1.69. The monoisotopic (exact) mass is 286 g/mol. The second-order valence-electron chi connectivity index (χ2n) is 4.94. The van der Waals surface area contributed by atoms with Crippen LogP contribution in [0.25, 0.3) is 0 Å². The number of hydrogen-bond acceptors (Lipinski definition) is 3. The van der Waals surface area contributed by atoms with Crippen molar-refractivity contribution in [2.45, 2.75) is 20.8 Å². The van der Waals surface area contributed by atoms with Gasteiger partial charge >= 0.3 is 0 Å². The summed E-state index contributed by atoms with van der Waals surface area (Å²) >= 11 is 0. The van der Waals surface area contributed by atoms with Gasteiger partial charge in [0, 0.05) is 37.2 Å². The molecule has 1 amide bonds. The van der Waals surface area contributed by atoms with E-state index in [2.05, 4.69) is 29.2 Å². The molecule has 0 bridgehead atoms. The molecule has 5 heteroatoms. The third-order valence-electron chi connectivity index (χ3n) is 3.73. The topological polar surface area (TPSA) is 50.2 Å². The zero-order chi connectivity index (χ0) is 15.4. The molecule has 0 aliphatic rings. The fourth-order valence-corrected chi connectivity index (χ4v) is 2.26. The predicted octanol–water partition coefficient (Wildman–Crippen LogP) is 2.83. The summed E-state index contributed by atoms with van der Waals surface area (Å²) in [7, 11) is 1.82. The van der Waals surface area contributed by atoms with Crippen LogP contribution in [0.2, 0.25) is 0 Å². The lowest BCUT2D eigenvalue weighted by Gasteiger charge is -2.21. The van der Waals surface area contributed by atoms with Crippen LogP contribution in [0, 0.1) is 6.92 Å². The van der Waals surface area contributed by atoms with Crippen molar-refractivity contribution >= 4 is 17.3 Å². The second-order valence-corrected chi connectivity index (χ2v) is 4.94. The highest BCUT2D eigenvalue weighted by atomic mass is 16.1. The van der Waals surface area contributed by atoms with Gasteiger partial charge in [0.05, 0.1) is 11.8 Å². The van der Waals surface area contributed by atoms with Crippen LogP contribution in [0.3, 0.4) is 0 Å². The molecule has 2 aromatic rings. The van der Waals surface area contributed by atoms with Gasteiger partial charge in [-0.3, -0.25) is 9.48 Å². The number of benzene rings is 1. The molecule has 0 atom stereocenters. The first-order valence-electron chi connectivity index (χ1n) is 7.21. The standard InChI is InChI=1S/C16H22N4O/c1-5-20(6-2)14-9-7-13(8-10-14)18-16(21)15-11-17-19(4)12(15)3/h7-11H,5-6H2,1-4H3,(H,18,21). The van der Waals surface area contributed by atoms with Gasteiger partial charge in [0.25, 0.3) is 5.91 Å². The van der Waals surface area contributed by atoms with Gasteiger partial charge in [-0.15, -0.1) is 0 Å². The first-order chi connectivity index (χ1) is 10.1. The Kier molecular flexibility index (Phi) is 4.62. The molecule has 1 N–H and O–H groups in total. The van der Waals surface area contributed by atoms with Crippen LogP contribution in [-0.4, -0.2) is 28.8 Å². The van der Waals surface area contributed by atoms with Gasteiger partial charge in [0.2, 0.25) is 0 Å². The number of nitrogens with zero attached hydrogens (tertiary/aromatic N) is 3. The maximum Gasteiger partial charge on any atom is 0.259 e. The first-order valence-corrected chi connectivity index (χ1v) is 7.21. The summed E-state index contributed by atoms with van der Waals surface area (Å²) in [6.45, 7) is 8.08. The highest BCUT2D eigenvalue weighted by Gasteiger charge is 2.13. The van der Waals surface area contributed by atoms with Gasteiger partial charge in [-0.05, 0) is 45.0 Å². The molecule has 2 rings (SSSR count). The minimum absolute atomic E-state index is 0.129. The second kappa shape index (κ2) is 6.43. The molecular formula is C16H22N4O. The molecule has 0 radical (unpaired) electrons. The van der Waals surface area contributed by atoms with E-state index in [4.69, 9.17) is 0 Å². The van der Waals surface area contributed by atoms with Crippen molar-refractivity contribution in [2.24, 2.45) is 7.05 Å². The van der Waals surface area contributed by atoms with Crippen LogP contribution in [0.1, 0.15) is 29.9 Å². The quantitative estimate of drug-likeness (QED) is 0.919. The van der Waals surface area contributed by atoms with Crippen molar-refractivity contribution in [1.29, 1.82) is 0 Å². The molecule has 21 heavy (non-hydrogen) atoms. The molecule has 1 aromatic carbocycles. The molecule has 0 saturated heterocycles. The highest BCUT2D eigenvalue weighted by molar-refractivity contribution is 6.04. The van der Waals surface area contributed by atoms with Crippen molar-refractivity contribution < 1.29 is 4.79 Å². The Morgan fingerprint density at radius 1 is 1.24 bits per heavy atom. The van der Waals surface area contributed by atoms with E-state index in [1.165, 1.54) is 0 Å². The number of amides is 1. The van der Waals surface area contributed by atoms with Crippen molar-refractivity contribution in [1.82, 2.24) is 9.78 Å². The maximum atomic E-state index is 12.2. The zero-order valence-electron chi connectivity index (χ0n) is 13.1. The Morgan fingerprint density at radius 3 is 2.33 bits per heavy atom. The third kappa shape index (κ3) is 3.24. The Morgan fingerprint density at radius 2 is 1.86 bits per heavy atom. The summed E-state index contributed by atoms with van der Waals surface area (Å²) in [5.74, 6) is -0.129. The van der Waals surface area contributed by atoms with Crippen molar-refractivity contribution in [3.8, 4) is 0 Å². The van der Waals surface area contributed by atoms with Crippen LogP contribution >= 0.6 is 0 Å². The average Bonchev–Trinajstić information content (AvgIpc) is 2.82. The summed E-state index contributed by atoms with van der Waals surface area (Å²) in [5.41, 5.74) is 3.41. The molecule has 0 saturated carbocycles. The van der Waals surface area contributed by atoms with Crippen molar-refractivity contribution in [3.63, 3.8) is 0 Å². The molecule has 112 valence electrons. The van der Waals surface area contributed by atoms with Gasteiger partial charge in [0.1, 0.15) is 0 Å². The van der Waals surface area contributed by atoms with Crippen LogP contribution in [0.5, 0.6) is 0 Å². The van der Waals surface area contributed by atoms with E-state index in [1.54, 1.807) is 10.9 Å². The maximum absolute atomic E-state index is 12.2. The average molecular weight is 286 g/mol. The van der Waals surface area contributed by atoms with E-state index >= 15 is 0 Å². The SMILES string of the molecule is CCN(CC)c1ccc(NC(=O)c2cnn(C)c2C)cc1. The van der Waals surface area contributed by atoms with E-state index in [1.807, 2.05) is 38.2 Å². The van der Waals surface area contributed by atoms with E-state index in [9.17, 15) is 4.79 Å². The summed E-state index contributed by atoms with van der Waals surface area (Å²) in [6.07, 6.45) is 1.59. The lowest BCUT2D eigenvalue weighted by atomic mass is 10.2. The van der Waals surface area contributed by atoms with Crippen LogP contribution in [0.4, 0.5) is 11.4 Å². The predicted molar refractivity (Wildman–Crippen MR) is 85.9 cm³/mol. The Hall–Kier alpha value is -2.30. The summed E-state index contributed by atoms with van der Waals surface area (Å²) in [5, 5.41) is 6.99. The van der Waals surface area contributed by atoms with Gasteiger partial charge < -0.3 is 10.2 Å². The minimum Gasteiger partial charge on any atom is -0.372 e. The van der Waals surface area contributed by atoms with E-state index in [0.29, 0.717) is 5.56 Å². The number of aryl methyl sites for hydroxylation is 1. The minimum atomic E-state index is -0.129. The lowest BCUT2D eigenvalue weighted by Crippen LogP contribution is -2.21. The molecule has 5 nitrogen and oxygen atoms in total. The van der Waals surface area contributed by atoms with Crippen LogP contribution in [-0.2, 0) is 7.05 Å². The molecule has 0 unspecified atom stereocenters. The molecule has 1 aromatic heterocycles. The van der Waals surface area contributed by atoms with Crippen molar-refractivity contribution in [2.75, 3.05) is 23.3 Å². The Bertz CT molecular complexity index is 612. The molecule has 1 heterocycles. The number of carbonyl (C=O) groups is 1. The molecular weight excluding hydrogens is 264 g/mol. The van der Waals surface area contributed by atoms with E-state index in [0.717, 1.165) is 30.2 Å². The van der Waals surface area contributed by atoms with Crippen LogP contribution < -0.4 is 10.2 Å². The molecule has 0 spiro atoms. The van der Waals surface area contributed by atoms with Gasteiger partial charge in [-0.25, -0.2) is 0 Å². The fraction of sp³-hybridized carbons (Fsp3) is 0.375. The third-order valence-corrected chi connectivity index (χ3v) is 3.73. The van der Waals surface area contributed by atoms with Crippen LogP contribution in [0.15, 0.2) is 30.5 Å². The summed E-state index contributed by atoms with van der Waals surface area (Å²) in [6, 6.07) is 7.91. The number of hydrogen-bond donors (Lipinski definition) is 1. The van der Waals surface area contributed by atoms with Gasteiger partial charge in [0.15, 0.2) is 0 Å². The number of nitrogens with one attached hydrogen (secondary N) is 1. The Labute approximate surface area is 125 Å². The highest BCUT2D eigenvalue weighted by Crippen LogP contribution is 2.18. The number of anilines is 2. The molecule has 0 aliphatic carbocycles. The lowest BCUT2D eigenvalue weighted by molar-refractivity contribution is 0.102. The Balaban J connectivity index is 2.10. The number of aromatic nitrogens is 2. The van der Waals surface area contributed by atoms with E-state index < -0.39 is 0 Å². The first kappa shape index (κ1) is 15.1.